The molecule has 6 nitrogen and oxygen atoms in total. The summed E-state index contributed by atoms with van der Waals surface area (Å²) in [4.78, 5) is 11.0. The molecule has 1 unspecified atom stereocenters. The Morgan fingerprint density at radius 2 is 2.04 bits per heavy atom. The van der Waals surface area contributed by atoms with Crippen molar-refractivity contribution in [2.75, 3.05) is 28.3 Å². The van der Waals surface area contributed by atoms with Gasteiger partial charge in [-0.05, 0) is 37.0 Å². The molecule has 0 radical (unpaired) electrons. The number of nitrogens with one attached hydrogen (secondary N) is 1. The fourth-order valence-electron chi connectivity index (χ4n) is 3.43. The van der Waals surface area contributed by atoms with Crippen LogP contribution < -0.4 is 10.2 Å². The molecule has 2 aromatic rings. The molecular formula is C19H26N4O2S. The highest BCUT2D eigenvalue weighted by Crippen LogP contribution is 2.27. The second-order valence-electron chi connectivity index (χ2n) is 6.95. The zero-order valence-corrected chi connectivity index (χ0v) is 16.3. The molecule has 26 heavy (non-hydrogen) atoms. The van der Waals surface area contributed by atoms with E-state index in [0.717, 1.165) is 11.5 Å². The van der Waals surface area contributed by atoms with Crippen LogP contribution in [0.3, 0.4) is 0 Å². The van der Waals surface area contributed by atoms with Crippen molar-refractivity contribution in [2.45, 2.75) is 39.2 Å². The van der Waals surface area contributed by atoms with Crippen LogP contribution in [0.5, 0.6) is 0 Å². The summed E-state index contributed by atoms with van der Waals surface area (Å²) in [6.45, 7) is 7.03. The first-order valence-corrected chi connectivity index (χ1v) is 10.9. The molecule has 1 fully saturated rings. The number of anilines is 3. The van der Waals surface area contributed by atoms with Gasteiger partial charge in [-0.25, -0.2) is 13.4 Å². The Hall–Kier alpha value is -2.15. The largest absolute Gasteiger partial charge is 0.353 e. The highest BCUT2D eigenvalue weighted by Gasteiger charge is 2.32. The van der Waals surface area contributed by atoms with E-state index in [9.17, 15) is 8.42 Å². The number of nitrogens with zero attached hydrogens (tertiary/aromatic N) is 3. The van der Waals surface area contributed by atoms with E-state index < -0.39 is 9.84 Å². The molecule has 1 aliphatic heterocycles. The van der Waals surface area contributed by atoms with Crippen LogP contribution in [0.25, 0.3) is 0 Å². The number of benzene rings is 1. The van der Waals surface area contributed by atoms with Crippen LogP contribution in [0.2, 0.25) is 0 Å². The van der Waals surface area contributed by atoms with Crippen molar-refractivity contribution >= 4 is 27.3 Å². The average Bonchev–Trinajstić information content (AvgIpc) is 2.96. The number of hydrogen-bond acceptors (Lipinski definition) is 6. The number of hydrogen-bond donors (Lipinski definition) is 1. The molecule has 1 atom stereocenters. The summed E-state index contributed by atoms with van der Waals surface area (Å²) in [5.74, 6) is 2.12. The SMILES string of the molecule is CCN(c1ccnc(Nc2ccccc2C(C)C)n1)C1CCS(=O)(=O)C1. The molecule has 0 spiro atoms. The molecule has 1 N–H and O–H groups in total. The second kappa shape index (κ2) is 7.61. The minimum absolute atomic E-state index is 0.0179. The third kappa shape index (κ3) is 4.15. The Morgan fingerprint density at radius 1 is 1.27 bits per heavy atom. The van der Waals surface area contributed by atoms with Crippen molar-refractivity contribution in [1.29, 1.82) is 0 Å². The lowest BCUT2D eigenvalue weighted by atomic mass is 10.0. The van der Waals surface area contributed by atoms with Gasteiger partial charge in [-0.15, -0.1) is 0 Å². The molecule has 1 aromatic carbocycles. The molecule has 140 valence electrons. The predicted molar refractivity (Wildman–Crippen MR) is 106 cm³/mol. The maximum absolute atomic E-state index is 11.8. The zero-order chi connectivity index (χ0) is 18.7. The van der Waals surface area contributed by atoms with Crippen molar-refractivity contribution in [3.05, 3.63) is 42.1 Å². The molecule has 0 aliphatic carbocycles. The van der Waals surface area contributed by atoms with E-state index >= 15 is 0 Å². The summed E-state index contributed by atoms with van der Waals surface area (Å²) in [5, 5.41) is 3.31. The Labute approximate surface area is 155 Å². The van der Waals surface area contributed by atoms with Crippen molar-refractivity contribution in [1.82, 2.24) is 9.97 Å². The van der Waals surface area contributed by atoms with Gasteiger partial charge in [0.25, 0.3) is 0 Å². The van der Waals surface area contributed by atoms with Gasteiger partial charge in [0.15, 0.2) is 9.84 Å². The van der Waals surface area contributed by atoms with Gasteiger partial charge >= 0.3 is 0 Å². The van der Waals surface area contributed by atoms with Gasteiger partial charge < -0.3 is 10.2 Å². The summed E-state index contributed by atoms with van der Waals surface area (Å²) in [5.41, 5.74) is 2.20. The Kier molecular flexibility index (Phi) is 5.46. The fraction of sp³-hybridized carbons (Fsp3) is 0.474. The second-order valence-corrected chi connectivity index (χ2v) is 9.18. The van der Waals surface area contributed by atoms with Crippen LogP contribution in [-0.4, -0.2) is 42.5 Å². The quantitative estimate of drug-likeness (QED) is 0.836. The first kappa shape index (κ1) is 18.6. The first-order valence-electron chi connectivity index (χ1n) is 9.05. The summed E-state index contributed by atoms with van der Waals surface area (Å²) < 4.78 is 23.7. The number of para-hydroxylation sites is 1. The van der Waals surface area contributed by atoms with E-state index in [1.807, 2.05) is 31.2 Å². The van der Waals surface area contributed by atoms with Crippen LogP contribution in [0, 0.1) is 0 Å². The Bertz CT molecular complexity index is 867. The van der Waals surface area contributed by atoms with Crippen LogP contribution in [-0.2, 0) is 9.84 Å². The zero-order valence-electron chi connectivity index (χ0n) is 15.5. The van der Waals surface area contributed by atoms with Crippen molar-refractivity contribution in [3.8, 4) is 0 Å². The molecule has 7 heteroatoms. The molecule has 0 amide bonds. The van der Waals surface area contributed by atoms with Crippen LogP contribution in [0.15, 0.2) is 36.5 Å². The van der Waals surface area contributed by atoms with E-state index in [4.69, 9.17) is 0 Å². The molecule has 1 saturated heterocycles. The first-order chi connectivity index (χ1) is 12.4. The highest BCUT2D eigenvalue weighted by molar-refractivity contribution is 7.91. The van der Waals surface area contributed by atoms with Crippen LogP contribution in [0.1, 0.15) is 38.7 Å². The van der Waals surface area contributed by atoms with E-state index in [2.05, 4.69) is 40.1 Å². The molecule has 1 aromatic heterocycles. The minimum atomic E-state index is -2.93. The van der Waals surface area contributed by atoms with Crippen molar-refractivity contribution in [2.24, 2.45) is 0 Å². The molecule has 0 saturated carbocycles. The Balaban J connectivity index is 1.84. The maximum Gasteiger partial charge on any atom is 0.229 e. The molecule has 3 rings (SSSR count). The molecular weight excluding hydrogens is 348 g/mol. The summed E-state index contributed by atoms with van der Waals surface area (Å²) in [6.07, 6.45) is 2.37. The normalized spacial score (nSPS) is 18.8. The minimum Gasteiger partial charge on any atom is -0.353 e. The van der Waals surface area contributed by atoms with Gasteiger partial charge in [-0.3, -0.25) is 0 Å². The van der Waals surface area contributed by atoms with Crippen LogP contribution in [0.4, 0.5) is 17.5 Å². The van der Waals surface area contributed by atoms with Gasteiger partial charge in [0, 0.05) is 24.5 Å². The summed E-state index contributed by atoms with van der Waals surface area (Å²) >= 11 is 0. The van der Waals surface area contributed by atoms with Gasteiger partial charge in [-0.2, -0.15) is 4.98 Å². The summed E-state index contributed by atoms with van der Waals surface area (Å²) in [6, 6.07) is 9.95. The summed E-state index contributed by atoms with van der Waals surface area (Å²) in [7, 11) is -2.93. The average molecular weight is 375 g/mol. The predicted octanol–water partition coefficient (Wildman–Crippen LogP) is 3.36. The van der Waals surface area contributed by atoms with Gasteiger partial charge in [0.2, 0.25) is 5.95 Å². The fourth-order valence-corrected chi connectivity index (χ4v) is 5.16. The topological polar surface area (TPSA) is 75.2 Å². The maximum atomic E-state index is 11.8. The van der Waals surface area contributed by atoms with E-state index in [-0.39, 0.29) is 17.5 Å². The third-order valence-electron chi connectivity index (χ3n) is 4.75. The van der Waals surface area contributed by atoms with Gasteiger partial charge in [0.05, 0.1) is 11.5 Å². The van der Waals surface area contributed by atoms with E-state index in [1.165, 1.54) is 5.56 Å². The van der Waals surface area contributed by atoms with Crippen molar-refractivity contribution < 1.29 is 8.42 Å². The lowest BCUT2D eigenvalue weighted by molar-refractivity contribution is 0.599. The monoisotopic (exact) mass is 374 g/mol. The molecule has 1 aliphatic rings. The standard InChI is InChI=1S/C19H26N4O2S/c1-4-23(15-10-12-26(24,25)13-15)18-9-11-20-19(22-18)21-17-8-6-5-7-16(17)14(2)3/h5-9,11,14-15H,4,10,12-13H2,1-3H3,(H,20,21,22). The van der Waals surface area contributed by atoms with Gasteiger partial charge in [0.1, 0.15) is 5.82 Å². The smallest absolute Gasteiger partial charge is 0.229 e. The highest BCUT2D eigenvalue weighted by atomic mass is 32.2. The molecule has 2 heterocycles. The number of rotatable bonds is 6. The lowest BCUT2D eigenvalue weighted by Gasteiger charge is -2.28. The lowest BCUT2D eigenvalue weighted by Crippen LogP contribution is -2.36. The van der Waals surface area contributed by atoms with Crippen molar-refractivity contribution in [3.63, 3.8) is 0 Å². The van der Waals surface area contributed by atoms with E-state index in [0.29, 0.717) is 24.8 Å². The molecule has 0 bridgehead atoms. The number of sulfone groups is 1. The Morgan fingerprint density at radius 3 is 2.69 bits per heavy atom. The van der Waals surface area contributed by atoms with Crippen LogP contribution >= 0.6 is 0 Å². The van der Waals surface area contributed by atoms with Gasteiger partial charge in [-0.1, -0.05) is 32.0 Å². The van der Waals surface area contributed by atoms with E-state index in [1.54, 1.807) is 6.20 Å². The third-order valence-corrected chi connectivity index (χ3v) is 6.50. The number of aromatic nitrogens is 2.